The average Bonchev–Trinajstić information content (AvgIpc) is 3.39. The zero-order chi connectivity index (χ0) is 33.5. The van der Waals surface area contributed by atoms with E-state index in [0.717, 1.165) is 11.1 Å². The van der Waals surface area contributed by atoms with E-state index in [1.165, 1.54) is 0 Å². The van der Waals surface area contributed by atoms with E-state index in [-0.39, 0.29) is 44.8 Å². The standard InChI is InChI=1S/C30H42N6O11/c1-23-32-34-30(35-33-23)25-4-2-24(3-5-25)22-31-26(37)8-10-41-12-14-43-16-18-45-20-21-46-19-17-44-15-13-42-11-9-29(40)47-36-27(38)6-7-28(36)39/h2-5H,6-22H2,1H3,(H,31,37). The van der Waals surface area contributed by atoms with Crippen molar-refractivity contribution >= 4 is 23.7 Å². The molecule has 3 amide bonds. The van der Waals surface area contributed by atoms with Crippen LogP contribution in [-0.2, 0) is 59.0 Å². The number of hydrogen-bond donors (Lipinski definition) is 1. The molecule has 0 aliphatic carbocycles. The summed E-state index contributed by atoms with van der Waals surface area (Å²) in [6.45, 7) is 6.34. The lowest BCUT2D eigenvalue weighted by atomic mass is 10.1. The van der Waals surface area contributed by atoms with Gasteiger partial charge in [-0.25, -0.2) is 4.79 Å². The van der Waals surface area contributed by atoms with Crippen molar-refractivity contribution in [1.82, 2.24) is 30.8 Å². The van der Waals surface area contributed by atoms with E-state index >= 15 is 0 Å². The van der Waals surface area contributed by atoms with Crippen LogP contribution in [0.1, 0.15) is 37.1 Å². The summed E-state index contributed by atoms with van der Waals surface area (Å²) in [7, 11) is 0. The number of amides is 3. The van der Waals surface area contributed by atoms with Gasteiger partial charge in [-0.3, -0.25) is 14.4 Å². The van der Waals surface area contributed by atoms with Crippen molar-refractivity contribution in [3.8, 4) is 11.4 Å². The van der Waals surface area contributed by atoms with Crippen LogP contribution in [0.25, 0.3) is 11.4 Å². The number of nitrogens with one attached hydrogen (secondary N) is 1. The molecule has 1 saturated heterocycles. The van der Waals surface area contributed by atoms with Crippen molar-refractivity contribution in [2.75, 3.05) is 79.3 Å². The lowest BCUT2D eigenvalue weighted by Crippen LogP contribution is -2.32. The molecule has 0 unspecified atom stereocenters. The third-order valence-electron chi connectivity index (χ3n) is 6.26. The largest absolute Gasteiger partial charge is 0.379 e. The fourth-order valence-corrected chi connectivity index (χ4v) is 3.78. The van der Waals surface area contributed by atoms with Gasteiger partial charge in [0.05, 0.1) is 85.7 Å². The zero-order valence-electron chi connectivity index (χ0n) is 26.6. The molecule has 1 aromatic heterocycles. The van der Waals surface area contributed by atoms with E-state index in [2.05, 4.69) is 25.7 Å². The molecule has 2 aromatic rings. The number of aryl methyl sites for hydroxylation is 1. The summed E-state index contributed by atoms with van der Waals surface area (Å²) in [4.78, 5) is 51.2. The smallest absolute Gasteiger partial charge is 0.335 e. The highest BCUT2D eigenvalue weighted by Crippen LogP contribution is 2.14. The monoisotopic (exact) mass is 662 g/mol. The summed E-state index contributed by atoms with van der Waals surface area (Å²) in [6, 6.07) is 7.50. The number of hydrogen-bond acceptors (Lipinski definition) is 15. The Morgan fingerprint density at radius 3 is 1.60 bits per heavy atom. The van der Waals surface area contributed by atoms with Gasteiger partial charge in [0.2, 0.25) is 11.7 Å². The van der Waals surface area contributed by atoms with Gasteiger partial charge in [-0.15, -0.1) is 25.5 Å². The van der Waals surface area contributed by atoms with Crippen LogP contribution >= 0.6 is 0 Å². The highest BCUT2D eigenvalue weighted by molar-refractivity contribution is 6.01. The molecule has 0 spiro atoms. The molecular formula is C30H42N6O11. The number of imide groups is 1. The van der Waals surface area contributed by atoms with Gasteiger partial charge in [-0.2, -0.15) is 0 Å². The first-order valence-corrected chi connectivity index (χ1v) is 15.4. The van der Waals surface area contributed by atoms with Crippen molar-refractivity contribution in [1.29, 1.82) is 0 Å². The lowest BCUT2D eigenvalue weighted by Gasteiger charge is -2.12. The van der Waals surface area contributed by atoms with Crippen molar-refractivity contribution in [2.24, 2.45) is 0 Å². The Morgan fingerprint density at radius 1 is 0.660 bits per heavy atom. The Labute approximate surface area is 272 Å². The molecule has 0 saturated carbocycles. The number of rotatable bonds is 25. The number of benzene rings is 1. The first-order valence-electron chi connectivity index (χ1n) is 15.4. The van der Waals surface area contributed by atoms with Crippen molar-refractivity contribution in [2.45, 2.75) is 39.2 Å². The van der Waals surface area contributed by atoms with Crippen LogP contribution in [0.3, 0.4) is 0 Å². The molecule has 1 aliphatic heterocycles. The minimum absolute atomic E-state index is 0.0539. The fraction of sp³-hybridized carbons (Fsp3) is 0.600. The Bertz CT molecular complexity index is 1220. The third-order valence-corrected chi connectivity index (χ3v) is 6.26. The van der Waals surface area contributed by atoms with Crippen LogP contribution < -0.4 is 5.32 Å². The molecule has 47 heavy (non-hydrogen) atoms. The maximum atomic E-state index is 12.1. The topological polar surface area (TPSA) is 200 Å². The average molecular weight is 663 g/mol. The van der Waals surface area contributed by atoms with Gasteiger partial charge in [-0.1, -0.05) is 24.3 Å². The number of carbonyl (C=O) groups excluding carboxylic acids is 4. The van der Waals surface area contributed by atoms with Crippen LogP contribution in [0.15, 0.2) is 24.3 Å². The van der Waals surface area contributed by atoms with Crippen LogP contribution in [0.5, 0.6) is 0 Å². The molecular weight excluding hydrogens is 620 g/mol. The van der Waals surface area contributed by atoms with Crippen molar-refractivity contribution < 1.29 is 52.4 Å². The molecule has 258 valence electrons. The predicted molar refractivity (Wildman–Crippen MR) is 161 cm³/mol. The first kappa shape index (κ1) is 37.5. The van der Waals surface area contributed by atoms with E-state index in [1.54, 1.807) is 6.92 Å². The van der Waals surface area contributed by atoms with E-state index in [4.69, 9.17) is 33.3 Å². The molecule has 1 aliphatic rings. The van der Waals surface area contributed by atoms with Crippen LogP contribution in [0.4, 0.5) is 0 Å². The summed E-state index contributed by atoms with van der Waals surface area (Å²) in [5, 5.41) is 19.2. The molecule has 1 fully saturated rings. The molecule has 2 heterocycles. The third kappa shape index (κ3) is 15.9. The highest BCUT2D eigenvalue weighted by Gasteiger charge is 2.32. The van der Waals surface area contributed by atoms with Crippen LogP contribution in [0.2, 0.25) is 0 Å². The Morgan fingerprint density at radius 2 is 1.11 bits per heavy atom. The quantitative estimate of drug-likeness (QED) is 0.113. The molecule has 1 N–H and O–H groups in total. The SMILES string of the molecule is Cc1nnc(-c2ccc(CNC(=O)CCOCCOCCOCCOCCOCCOCCC(=O)ON3C(=O)CCC3=O)cc2)nn1. The summed E-state index contributed by atoms with van der Waals surface area (Å²) < 4.78 is 32.4. The molecule has 0 bridgehead atoms. The van der Waals surface area contributed by atoms with Gasteiger partial charge in [0.1, 0.15) is 0 Å². The van der Waals surface area contributed by atoms with E-state index in [1.807, 2.05) is 24.3 Å². The van der Waals surface area contributed by atoms with E-state index < -0.39 is 17.8 Å². The second-order valence-electron chi connectivity index (χ2n) is 9.96. The predicted octanol–water partition coefficient (Wildman–Crippen LogP) is 0.345. The van der Waals surface area contributed by atoms with E-state index in [0.29, 0.717) is 89.3 Å². The lowest BCUT2D eigenvalue weighted by molar-refractivity contribution is -0.198. The van der Waals surface area contributed by atoms with Gasteiger partial charge < -0.3 is 38.6 Å². The van der Waals surface area contributed by atoms with Gasteiger partial charge >= 0.3 is 5.97 Å². The Balaban J connectivity index is 1.01. The number of carbonyl (C=O) groups is 4. The number of aromatic nitrogens is 4. The highest BCUT2D eigenvalue weighted by atomic mass is 16.7. The maximum absolute atomic E-state index is 12.1. The van der Waals surface area contributed by atoms with Crippen LogP contribution in [0, 0.1) is 6.92 Å². The Kier molecular flexibility index (Phi) is 17.9. The van der Waals surface area contributed by atoms with E-state index in [9.17, 15) is 19.2 Å². The normalized spacial score (nSPS) is 12.9. The fourth-order valence-electron chi connectivity index (χ4n) is 3.78. The van der Waals surface area contributed by atoms with Gasteiger partial charge in [0, 0.05) is 31.4 Å². The van der Waals surface area contributed by atoms with Crippen molar-refractivity contribution in [3.63, 3.8) is 0 Å². The molecule has 17 heteroatoms. The maximum Gasteiger partial charge on any atom is 0.335 e. The van der Waals surface area contributed by atoms with Gasteiger partial charge in [-0.05, 0) is 12.5 Å². The molecule has 1 aromatic carbocycles. The minimum Gasteiger partial charge on any atom is -0.379 e. The second-order valence-corrected chi connectivity index (χ2v) is 9.96. The summed E-state index contributed by atoms with van der Waals surface area (Å²) in [5.74, 6) is -0.887. The van der Waals surface area contributed by atoms with Crippen molar-refractivity contribution in [3.05, 3.63) is 35.7 Å². The van der Waals surface area contributed by atoms with Gasteiger partial charge in [0.15, 0.2) is 5.82 Å². The van der Waals surface area contributed by atoms with Crippen LogP contribution in [-0.4, -0.2) is 128 Å². The number of nitrogens with zero attached hydrogens (tertiary/aromatic N) is 5. The summed E-state index contributed by atoms with van der Waals surface area (Å²) in [6.07, 6.45) is 0.277. The number of ether oxygens (including phenoxy) is 6. The summed E-state index contributed by atoms with van der Waals surface area (Å²) >= 11 is 0. The number of hydroxylamine groups is 2. The first-order chi connectivity index (χ1) is 22.9. The molecule has 17 nitrogen and oxygen atoms in total. The van der Waals surface area contributed by atoms with Gasteiger partial charge in [0.25, 0.3) is 11.8 Å². The minimum atomic E-state index is -0.706. The summed E-state index contributed by atoms with van der Waals surface area (Å²) in [5.41, 5.74) is 1.74. The zero-order valence-corrected chi connectivity index (χ0v) is 26.6. The molecule has 0 atom stereocenters. The molecule has 0 radical (unpaired) electrons. The molecule has 3 rings (SSSR count). The Hall–Kier alpha value is -4.00. The second kappa shape index (κ2) is 22.5.